The van der Waals surface area contributed by atoms with Crippen LogP contribution in [0.4, 0.5) is 22.0 Å². The van der Waals surface area contributed by atoms with Gasteiger partial charge in [0.05, 0.1) is 35.5 Å². The number of nitrogens with zero attached hydrogens (tertiary/aromatic N) is 2. The second-order valence-corrected chi connectivity index (χ2v) is 9.04. The molecule has 0 amide bonds. The van der Waals surface area contributed by atoms with E-state index in [0.29, 0.717) is 11.1 Å². The molecule has 30 heavy (non-hydrogen) atoms. The van der Waals surface area contributed by atoms with Gasteiger partial charge in [-0.15, -0.1) is 0 Å². The molecule has 4 nitrogen and oxygen atoms in total. The van der Waals surface area contributed by atoms with Crippen molar-refractivity contribution in [1.29, 1.82) is 0 Å². The molecule has 160 valence electrons. The standard InChI is InChI=1S/C19H13BrF5IN2O2/c1-8-4-11-10(2-3-14-17(11)30-18(29)28(14)26)16(27(8)7-19(23,24)25)15-12(21)5-9(20)6-13(15)22/h2-3,5-6,8,16H,4,7H2,1H3/t8-,16+/m1/s1. The molecule has 1 aliphatic heterocycles. The minimum absolute atomic E-state index is 0.128. The third-order valence-corrected chi connectivity index (χ3v) is 6.58. The van der Waals surface area contributed by atoms with Crippen LogP contribution in [0.25, 0.3) is 11.1 Å². The third kappa shape index (κ3) is 3.68. The van der Waals surface area contributed by atoms with Crippen LogP contribution in [0.3, 0.4) is 0 Å². The van der Waals surface area contributed by atoms with Crippen molar-refractivity contribution in [2.45, 2.75) is 31.6 Å². The summed E-state index contributed by atoms with van der Waals surface area (Å²) in [5, 5.41) is 0. The molecule has 0 unspecified atom stereocenters. The van der Waals surface area contributed by atoms with Gasteiger partial charge in [0.2, 0.25) is 0 Å². The van der Waals surface area contributed by atoms with E-state index in [1.165, 1.54) is 14.9 Å². The van der Waals surface area contributed by atoms with Crippen molar-refractivity contribution in [1.82, 2.24) is 7.68 Å². The Morgan fingerprint density at radius 1 is 1.23 bits per heavy atom. The Morgan fingerprint density at radius 2 is 1.87 bits per heavy atom. The van der Waals surface area contributed by atoms with Gasteiger partial charge < -0.3 is 4.42 Å². The Kier molecular flexibility index (Phi) is 5.50. The van der Waals surface area contributed by atoms with Gasteiger partial charge in [0.15, 0.2) is 5.58 Å². The lowest BCUT2D eigenvalue weighted by atomic mass is 9.84. The van der Waals surface area contributed by atoms with Crippen LogP contribution in [0.5, 0.6) is 0 Å². The fourth-order valence-electron chi connectivity index (χ4n) is 4.03. The number of benzene rings is 2. The maximum absolute atomic E-state index is 14.8. The smallest absolute Gasteiger partial charge is 0.407 e. The monoisotopic (exact) mass is 602 g/mol. The number of aromatic nitrogens is 1. The van der Waals surface area contributed by atoms with Crippen molar-refractivity contribution in [3.63, 3.8) is 0 Å². The predicted octanol–water partition coefficient (Wildman–Crippen LogP) is 5.73. The Labute approximate surface area is 189 Å². The summed E-state index contributed by atoms with van der Waals surface area (Å²) >= 11 is 4.75. The molecule has 0 bridgehead atoms. The molecule has 2 atom stereocenters. The fraction of sp³-hybridized carbons (Fsp3) is 0.316. The first-order valence-corrected chi connectivity index (χ1v) is 10.5. The molecule has 2 heterocycles. The summed E-state index contributed by atoms with van der Waals surface area (Å²) in [4.78, 5) is 13.0. The highest BCUT2D eigenvalue weighted by atomic mass is 127. The SMILES string of the molecule is C[C@@H]1Cc2c(ccc3c2oc(=O)n3I)[C@@H](c2c(F)cc(Br)cc2F)N1CC(F)(F)F. The van der Waals surface area contributed by atoms with Gasteiger partial charge in [0, 0.05) is 21.6 Å². The molecule has 0 aliphatic carbocycles. The van der Waals surface area contributed by atoms with Gasteiger partial charge in [0.1, 0.15) is 17.2 Å². The summed E-state index contributed by atoms with van der Waals surface area (Å²) in [6.07, 6.45) is -4.45. The molecular formula is C19H13BrF5IN2O2. The molecule has 11 heteroatoms. The average Bonchev–Trinajstić information content (AvgIpc) is 2.90. The maximum Gasteiger partial charge on any atom is 0.429 e. The summed E-state index contributed by atoms with van der Waals surface area (Å²) in [7, 11) is 0. The molecule has 1 aliphatic rings. The van der Waals surface area contributed by atoms with E-state index >= 15 is 0 Å². The quantitative estimate of drug-likeness (QED) is 0.278. The normalized spacial score (nSPS) is 20.0. The molecule has 2 aromatic carbocycles. The van der Waals surface area contributed by atoms with Crippen molar-refractivity contribution in [2.75, 3.05) is 6.54 Å². The van der Waals surface area contributed by atoms with Crippen molar-refractivity contribution in [3.8, 4) is 0 Å². The number of hydrogen-bond donors (Lipinski definition) is 0. The average molecular weight is 603 g/mol. The predicted molar refractivity (Wildman–Crippen MR) is 112 cm³/mol. The topological polar surface area (TPSA) is 38.4 Å². The summed E-state index contributed by atoms with van der Waals surface area (Å²) < 4.78 is 76.4. The first-order valence-electron chi connectivity index (χ1n) is 8.78. The molecule has 0 N–H and O–H groups in total. The highest BCUT2D eigenvalue weighted by molar-refractivity contribution is 14.1. The van der Waals surface area contributed by atoms with Crippen LogP contribution in [0.2, 0.25) is 0 Å². The number of hydrogen-bond acceptors (Lipinski definition) is 3. The van der Waals surface area contributed by atoms with E-state index in [-0.39, 0.29) is 22.0 Å². The van der Waals surface area contributed by atoms with Crippen LogP contribution in [0, 0.1) is 11.6 Å². The van der Waals surface area contributed by atoms with Gasteiger partial charge in [-0.3, -0.25) is 4.90 Å². The largest absolute Gasteiger partial charge is 0.429 e. The van der Waals surface area contributed by atoms with E-state index in [9.17, 15) is 26.7 Å². The summed E-state index contributed by atoms with van der Waals surface area (Å²) in [5.74, 6) is -2.57. The van der Waals surface area contributed by atoms with Crippen LogP contribution < -0.4 is 5.76 Å². The second-order valence-electron chi connectivity index (χ2n) is 7.16. The molecule has 0 saturated carbocycles. The highest BCUT2D eigenvalue weighted by Crippen LogP contribution is 2.44. The van der Waals surface area contributed by atoms with E-state index in [0.717, 1.165) is 17.0 Å². The fourth-order valence-corrected chi connectivity index (χ4v) is 4.91. The molecule has 0 saturated heterocycles. The van der Waals surface area contributed by atoms with Gasteiger partial charge in [-0.25, -0.2) is 16.4 Å². The van der Waals surface area contributed by atoms with E-state index in [4.69, 9.17) is 4.42 Å². The van der Waals surface area contributed by atoms with E-state index in [1.807, 2.05) is 0 Å². The Hall–Kier alpha value is -1.47. The first-order chi connectivity index (χ1) is 14.0. The maximum atomic E-state index is 14.8. The summed E-state index contributed by atoms with van der Waals surface area (Å²) in [5.41, 5.74) is 0.930. The van der Waals surface area contributed by atoms with Crippen molar-refractivity contribution in [3.05, 3.63) is 67.6 Å². The molecule has 3 aromatic rings. The minimum atomic E-state index is -4.57. The van der Waals surface area contributed by atoms with Crippen molar-refractivity contribution < 1.29 is 26.4 Å². The Balaban J connectivity index is 2.01. The van der Waals surface area contributed by atoms with Gasteiger partial charge in [-0.2, -0.15) is 13.2 Å². The number of halogens is 7. The second kappa shape index (κ2) is 7.59. The zero-order valence-electron chi connectivity index (χ0n) is 15.2. The molecule has 0 fully saturated rings. The summed E-state index contributed by atoms with van der Waals surface area (Å²) in [6.45, 7) is 0.205. The van der Waals surface area contributed by atoms with Crippen LogP contribution >= 0.6 is 38.8 Å². The molecule has 4 rings (SSSR count). The lowest BCUT2D eigenvalue weighted by molar-refractivity contribution is -0.155. The Morgan fingerprint density at radius 3 is 2.47 bits per heavy atom. The van der Waals surface area contributed by atoms with Crippen LogP contribution in [0.15, 0.2) is 37.9 Å². The highest BCUT2D eigenvalue weighted by Gasteiger charge is 2.43. The molecular weight excluding hydrogens is 590 g/mol. The van der Waals surface area contributed by atoms with Crippen LogP contribution in [0.1, 0.15) is 29.7 Å². The van der Waals surface area contributed by atoms with Crippen molar-refractivity contribution in [2.24, 2.45) is 0 Å². The summed E-state index contributed by atoms with van der Waals surface area (Å²) in [6, 6.07) is 2.98. The van der Waals surface area contributed by atoms with Gasteiger partial charge in [-0.1, -0.05) is 22.0 Å². The first kappa shape index (κ1) is 21.8. The number of rotatable bonds is 2. The van der Waals surface area contributed by atoms with Gasteiger partial charge in [-0.05, 0) is 37.1 Å². The number of fused-ring (bicyclic) bond motifs is 3. The van der Waals surface area contributed by atoms with E-state index in [1.54, 1.807) is 29.8 Å². The molecule has 1 aromatic heterocycles. The number of alkyl halides is 3. The van der Waals surface area contributed by atoms with Gasteiger partial charge in [0.25, 0.3) is 0 Å². The zero-order valence-corrected chi connectivity index (χ0v) is 19.0. The van der Waals surface area contributed by atoms with Crippen LogP contribution in [-0.2, 0) is 6.42 Å². The van der Waals surface area contributed by atoms with E-state index < -0.39 is 47.8 Å². The lowest BCUT2D eigenvalue weighted by Gasteiger charge is -2.42. The molecule has 0 spiro atoms. The zero-order chi connectivity index (χ0) is 22.0. The lowest BCUT2D eigenvalue weighted by Crippen LogP contribution is -2.47. The van der Waals surface area contributed by atoms with Crippen LogP contribution in [-0.4, -0.2) is 26.4 Å². The van der Waals surface area contributed by atoms with Crippen molar-refractivity contribution >= 4 is 49.9 Å². The number of oxazole rings is 1. The third-order valence-electron chi connectivity index (χ3n) is 5.21. The van der Waals surface area contributed by atoms with Gasteiger partial charge >= 0.3 is 11.9 Å². The Bertz CT molecular complexity index is 1180. The van der Waals surface area contributed by atoms with E-state index in [2.05, 4.69) is 15.9 Å². The molecule has 0 radical (unpaired) electrons. The minimum Gasteiger partial charge on any atom is -0.407 e.